The molecular formula is C8H10N6O. The summed E-state index contributed by atoms with van der Waals surface area (Å²) in [6, 6.07) is 0. The molecule has 0 atom stereocenters. The third kappa shape index (κ3) is 1.20. The first-order valence-electron chi connectivity index (χ1n) is 4.30. The highest BCUT2D eigenvalue weighted by Crippen LogP contribution is 2.16. The Morgan fingerprint density at radius 2 is 1.93 bits per heavy atom. The van der Waals surface area contributed by atoms with E-state index in [-0.39, 0.29) is 11.6 Å². The van der Waals surface area contributed by atoms with Crippen molar-refractivity contribution in [2.24, 2.45) is 5.73 Å². The lowest BCUT2D eigenvalue weighted by atomic mass is 10.1. The second-order valence-electron chi connectivity index (χ2n) is 3.26. The second kappa shape index (κ2) is 2.91. The zero-order valence-electron chi connectivity index (χ0n) is 8.35. The van der Waals surface area contributed by atoms with Crippen molar-refractivity contribution in [1.29, 1.82) is 0 Å². The molecule has 1 amide bonds. The first kappa shape index (κ1) is 9.38. The fourth-order valence-electron chi connectivity index (χ4n) is 1.38. The molecule has 7 heteroatoms. The summed E-state index contributed by atoms with van der Waals surface area (Å²) in [5, 5.41) is 11.5. The number of nitrogen functional groups attached to an aromatic ring is 1. The minimum Gasteiger partial charge on any atom is -0.366 e. The first-order valence-corrected chi connectivity index (χ1v) is 4.30. The molecule has 0 radical (unpaired) electrons. The molecule has 0 saturated heterocycles. The van der Waals surface area contributed by atoms with Crippen molar-refractivity contribution in [2.45, 2.75) is 13.8 Å². The Bertz CT molecular complexity index is 558. The molecule has 0 fully saturated rings. The largest absolute Gasteiger partial charge is 0.366 e. The molecule has 4 N–H and O–H groups in total. The average molecular weight is 206 g/mol. The van der Waals surface area contributed by atoms with E-state index >= 15 is 0 Å². The summed E-state index contributed by atoms with van der Waals surface area (Å²) in [4.78, 5) is 11.1. The molecule has 15 heavy (non-hydrogen) atoms. The van der Waals surface area contributed by atoms with E-state index in [1.165, 1.54) is 4.52 Å². The Morgan fingerprint density at radius 3 is 2.53 bits per heavy atom. The van der Waals surface area contributed by atoms with Crippen LogP contribution in [0.25, 0.3) is 5.65 Å². The van der Waals surface area contributed by atoms with Crippen molar-refractivity contribution in [2.75, 3.05) is 5.73 Å². The highest BCUT2D eigenvalue weighted by atomic mass is 16.1. The van der Waals surface area contributed by atoms with E-state index in [9.17, 15) is 4.79 Å². The summed E-state index contributed by atoms with van der Waals surface area (Å²) in [5.74, 6) is -0.457. The smallest absolute Gasteiger partial charge is 0.269 e. The van der Waals surface area contributed by atoms with Crippen LogP contribution in [-0.2, 0) is 0 Å². The summed E-state index contributed by atoms with van der Waals surface area (Å²) in [7, 11) is 0. The van der Waals surface area contributed by atoms with Crippen molar-refractivity contribution < 1.29 is 4.79 Å². The van der Waals surface area contributed by atoms with Gasteiger partial charge in [-0.1, -0.05) is 0 Å². The third-order valence-electron chi connectivity index (χ3n) is 2.35. The van der Waals surface area contributed by atoms with Gasteiger partial charge in [-0.15, -0.1) is 10.2 Å². The van der Waals surface area contributed by atoms with Gasteiger partial charge < -0.3 is 11.5 Å². The summed E-state index contributed by atoms with van der Waals surface area (Å²) in [6.45, 7) is 3.57. The van der Waals surface area contributed by atoms with Crippen LogP contribution in [0.15, 0.2) is 0 Å². The number of primary amides is 1. The number of aryl methyl sites for hydroxylation is 1. The molecule has 0 bridgehead atoms. The first-order chi connectivity index (χ1) is 7.02. The van der Waals surface area contributed by atoms with Crippen LogP contribution >= 0.6 is 0 Å². The van der Waals surface area contributed by atoms with Gasteiger partial charge in [0.1, 0.15) is 0 Å². The molecule has 0 aliphatic heterocycles. The van der Waals surface area contributed by atoms with Gasteiger partial charge in [-0.05, 0) is 19.4 Å². The number of anilines is 1. The summed E-state index contributed by atoms with van der Waals surface area (Å²) in [5.41, 5.74) is 13.0. The van der Waals surface area contributed by atoms with Crippen LogP contribution < -0.4 is 11.5 Å². The number of nitrogens with zero attached hydrogens (tertiary/aromatic N) is 4. The Balaban J connectivity index is 2.91. The zero-order chi connectivity index (χ0) is 11.2. The van der Waals surface area contributed by atoms with E-state index in [1.54, 1.807) is 6.92 Å². The number of fused-ring (bicyclic) bond motifs is 1. The maximum atomic E-state index is 11.1. The lowest BCUT2D eigenvalue weighted by molar-refractivity contribution is 0.0993. The van der Waals surface area contributed by atoms with Crippen LogP contribution in [-0.4, -0.2) is 25.7 Å². The van der Waals surface area contributed by atoms with Gasteiger partial charge in [0.15, 0.2) is 11.3 Å². The van der Waals surface area contributed by atoms with E-state index in [0.29, 0.717) is 11.2 Å². The van der Waals surface area contributed by atoms with E-state index in [1.807, 2.05) is 6.92 Å². The molecule has 0 saturated carbocycles. The van der Waals surface area contributed by atoms with Gasteiger partial charge in [0.2, 0.25) is 5.95 Å². The highest BCUT2D eigenvalue weighted by molar-refractivity contribution is 5.92. The molecule has 0 aromatic carbocycles. The van der Waals surface area contributed by atoms with Gasteiger partial charge in [-0.3, -0.25) is 4.79 Å². The van der Waals surface area contributed by atoms with E-state index < -0.39 is 5.91 Å². The molecule has 0 spiro atoms. The lowest BCUT2D eigenvalue weighted by Crippen LogP contribution is -2.18. The van der Waals surface area contributed by atoms with Crippen molar-refractivity contribution >= 4 is 17.5 Å². The fourth-order valence-corrected chi connectivity index (χ4v) is 1.38. The van der Waals surface area contributed by atoms with Crippen LogP contribution in [0.5, 0.6) is 0 Å². The van der Waals surface area contributed by atoms with Gasteiger partial charge in [0.25, 0.3) is 5.91 Å². The lowest BCUT2D eigenvalue weighted by Gasteiger charge is -2.05. The van der Waals surface area contributed by atoms with E-state index in [2.05, 4.69) is 15.3 Å². The highest BCUT2D eigenvalue weighted by Gasteiger charge is 2.15. The predicted molar refractivity (Wildman–Crippen MR) is 53.2 cm³/mol. The number of carbonyl (C=O) groups excluding carboxylic acids is 1. The molecule has 7 nitrogen and oxygen atoms in total. The minimum absolute atomic E-state index is 0.135. The normalized spacial score (nSPS) is 10.8. The van der Waals surface area contributed by atoms with Crippen molar-refractivity contribution in [3.05, 3.63) is 16.8 Å². The average Bonchev–Trinajstić information content (AvgIpc) is 2.53. The predicted octanol–water partition coefficient (Wildman–Crippen LogP) is -0.578. The molecular weight excluding hydrogens is 196 g/mol. The van der Waals surface area contributed by atoms with Crippen LogP contribution in [0, 0.1) is 13.8 Å². The second-order valence-corrected chi connectivity index (χ2v) is 3.26. The molecule has 78 valence electrons. The Kier molecular flexibility index (Phi) is 1.82. The van der Waals surface area contributed by atoms with Gasteiger partial charge in [0.05, 0.1) is 0 Å². The summed E-state index contributed by atoms with van der Waals surface area (Å²) < 4.78 is 1.31. The molecule has 0 unspecified atom stereocenters. The monoisotopic (exact) mass is 206 g/mol. The number of carbonyl (C=O) groups is 1. The number of hydrogen-bond acceptors (Lipinski definition) is 5. The molecule has 0 aliphatic rings. The summed E-state index contributed by atoms with van der Waals surface area (Å²) in [6.07, 6.45) is 0. The maximum Gasteiger partial charge on any atom is 0.269 e. The van der Waals surface area contributed by atoms with Gasteiger partial charge in [-0.2, -0.15) is 9.61 Å². The number of amides is 1. The van der Waals surface area contributed by atoms with Crippen molar-refractivity contribution in [3.8, 4) is 0 Å². The number of aromatic nitrogens is 4. The summed E-state index contributed by atoms with van der Waals surface area (Å²) >= 11 is 0. The zero-order valence-corrected chi connectivity index (χ0v) is 8.35. The number of nitrogens with two attached hydrogens (primary N) is 2. The van der Waals surface area contributed by atoms with E-state index in [4.69, 9.17) is 11.5 Å². The Hall–Kier alpha value is -2.18. The molecule has 2 aromatic rings. The van der Waals surface area contributed by atoms with Crippen LogP contribution in [0.2, 0.25) is 0 Å². The standard InChI is InChI=1S/C8H10N6O/c1-3-4(2)7-11-12-8(10)14(7)13-5(3)6(9)15/h1-2H3,(H2,9,15)(H2,10,12). The SMILES string of the molecule is Cc1c(C(N)=O)nn2c(N)nnc2c1C. The number of rotatable bonds is 1. The van der Waals surface area contributed by atoms with Crippen LogP contribution in [0.3, 0.4) is 0 Å². The molecule has 2 rings (SSSR count). The molecule has 0 aliphatic carbocycles. The maximum absolute atomic E-state index is 11.1. The van der Waals surface area contributed by atoms with Gasteiger partial charge >= 0.3 is 0 Å². The van der Waals surface area contributed by atoms with Crippen LogP contribution in [0.4, 0.5) is 5.95 Å². The quantitative estimate of drug-likeness (QED) is 0.648. The van der Waals surface area contributed by atoms with Crippen molar-refractivity contribution in [1.82, 2.24) is 19.8 Å². The van der Waals surface area contributed by atoms with E-state index in [0.717, 1.165) is 5.56 Å². The minimum atomic E-state index is -0.592. The molecule has 2 heterocycles. The molecule has 2 aromatic heterocycles. The topological polar surface area (TPSA) is 112 Å². The van der Waals surface area contributed by atoms with Gasteiger partial charge in [0, 0.05) is 5.56 Å². The fraction of sp³-hybridized carbons (Fsp3) is 0.250. The Labute approximate surface area is 85.1 Å². The van der Waals surface area contributed by atoms with Crippen molar-refractivity contribution in [3.63, 3.8) is 0 Å². The number of hydrogen-bond donors (Lipinski definition) is 2. The third-order valence-corrected chi connectivity index (χ3v) is 2.35. The van der Waals surface area contributed by atoms with Crippen LogP contribution in [0.1, 0.15) is 21.6 Å². The Morgan fingerprint density at radius 1 is 1.27 bits per heavy atom. The van der Waals surface area contributed by atoms with Gasteiger partial charge in [-0.25, -0.2) is 0 Å².